The van der Waals surface area contributed by atoms with E-state index in [2.05, 4.69) is 84.7 Å². The monoisotopic (exact) mass is 351 g/mol. The summed E-state index contributed by atoms with van der Waals surface area (Å²) >= 11 is 2.46. The fourth-order valence-corrected chi connectivity index (χ4v) is 2.44. The number of nitrogens with zero attached hydrogens (tertiary/aromatic N) is 1. The normalized spacial score (nSPS) is 12.4. The predicted octanol–water partition coefficient (Wildman–Crippen LogP) is 4.73. The predicted molar refractivity (Wildman–Crippen MR) is 86.3 cm³/mol. The van der Waals surface area contributed by atoms with Crippen LogP contribution in [0, 0.1) is 13.8 Å². The standard InChI is InChI=1S/C16H18IN/c1-11-4-9-16(18-13(11)3)15-7-5-14(6-8-15)10-12(2)17/h4-9,12H,10H2,1-3H3. The van der Waals surface area contributed by atoms with Gasteiger partial charge in [-0.3, -0.25) is 4.98 Å². The molecule has 0 aliphatic carbocycles. The van der Waals surface area contributed by atoms with Gasteiger partial charge in [-0.2, -0.15) is 0 Å². The van der Waals surface area contributed by atoms with Gasteiger partial charge >= 0.3 is 0 Å². The quantitative estimate of drug-likeness (QED) is 0.575. The van der Waals surface area contributed by atoms with E-state index >= 15 is 0 Å². The molecular weight excluding hydrogens is 333 g/mol. The van der Waals surface area contributed by atoms with Crippen LogP contribution in [0.1, 0.15) is 23.7 Å². The summed E-state index contributed by atoms with van der Waals surface area (Å²) in [5, 5.41) is 0. The van der Waals surface area contributed by atoms with Gasteiger partial charge in [-0.05, 0) is 37.5 Å². The highest BCUT2D eigenvalue weighted by molar-refractivity contribution is 14.1. The largest absolute Gasteiger partial charge is 0.253 e. The van der Waals surface area contributed by atoms with Gasteiger partial charge in [-0.15, -0.1) is 0 Å². The van der Waals surface area contributed by atoms with Crippen LogP contribution in [0.15, 0.2) is 36.4 Å². The second-order valence-corrected chi connectivity index (χ2v) is 6.91. The molecule has 0 N–H and O–H groups in total. The minimum atomic E-state index is 0.674. The minimum Gasteiger partial charge on any atom is -0.253 e. The topological polar surface area (TPSA) is 12.9 Å². The molecule has 0 aliphatic heterocycles. The van der Waals surface area contributed by atoms with Crippen molar-refractivity contribution in [3.63, 3.8) is 0 Å². The summed E-state index contributed by atoms with van der Waals surface area (Å²) < 4.78 is 0.674. The Balaban J connectivity index is 2.25. The summed E-state index contributed by atoms with van der Waals surface area (Å²) in [4.78, 5) is 4.63. The van der Waals surface area contributed by atoms with Crippen LogP contribution in [0.2, 0.25) is 0 Å². The van der Waals surface area contributed by atoms with Gasteiger partial charge in [0.1, 0.15) is 0 Å². The zero-order valence-electron chi connectivity index (χ0n) is 11.1. The molecule has 0 radical (unpaired) electrons. The highest BCUT2D eigenvalue weighted by Gasteiger charge is 2.03. The van der Waals surface area contributed by atoms with Crippen molar-refractivity contribution in [2.45, 2.75) is 31.1 Å². The molecule has 0 spiro atoms. The molecule has 1 nitrogen and oxygen atoms in total. The van der Waals surface area contributed by atoms with Crippen molar-refractivity contribution >= 4 is 22.6 Å². The van der Waals surface area contributed by atoms with Gasteiger partial charge < -0.3 is 0 Å². The molecule has 2 aromatic rings. The van der Waals surface area contributed by atoms with E-state index in [0.717, 1.165) is 17.8 Å². The second-order valence-electron chi connectivity index (χ2n) is 4.78. The summed E-state index contributed by atoms with van der Waals surface area (Å²) in [6.07, 6.45) is 1.13. The number of alkyl halides is 1. The third-order valence-corrected chi connectivity index (χ3v) is 3.56. The van der Waals surface area contributed by atoms with E-state index in [0.29, 0.717) is 3.92 Å². The van der Waals surface area contributed by atoms with E-state index in [1.807, 2.05) is 0 Å². The Kier molecular flexibility index (Phi) is 4.38. The van der Waals surface area contributed by atoms with Gasteiger partial charge in [0, 0.05) is 15.2 Å². The zero-order valence-corrected chi connectivity index (χ0v) is 13.2. The third kappa shape index (κ3) is 3.31. The average Bonchev–Trinajstić information content (AvgIpc) is 2.33. The molecule has 0 saturated carbocycles. The molecule has 18 heavy (non-hydrogen) atoms. The van der Waals surface area contributed by atoms with E-state index < -0.39 is 0 Å². The van der Waals surface area contributed by atoms with Crippen LogP contribution in [0.4, 0.5) is 0 Å². The van der Waals surface area contributed by atoms with Crippen molar-refractivity contribution < 1.29 is 0 Å². The maximum absolute atomic E-state index is 4.63. The Bertz CT molecular complexity index is 529. The molecule has 0 amide bonds. The summed E-state index contributed by atoms with van der Waals surface area (Å²) in [6.45, 7) is 6.39. The molecule has 1 aromatic carbocycles. The lowest BCUT2D eigenvalue weighted by molar-refractivity contribution is 0.977. The summed E-state index contributed by atoms with van der Waals surface area (Å²) in [7, 11) is 0. The lowest BCUT2D eigenvalue weighted by Crippen LogP contribution is -1.96. The molecule has 0 fully saturated rings. The minimum absolute atomic E-state index is 0.674. The first-order chi connectivity index (χ1) is 8.56. The Morgan fingerprint density at radius 1 is 1.06 bits per heavy atom. The number of hydrogen-bond acceptors (Lipinski definition) is 1. The van der Waals surface area contributed by atoms with E-state index in [1.165, 1.54) is 16.7 Å². The van der Waals surface area contributed by atoms with E-state index in [4.69, 9.17) is 0 Å². The molecule has 1 heterocycles. The van der Waals surface area contributed by atoms with E-state index in [9.17, 15) is 0 Å². The van der Waals surface area contributed by atoms with Gasteiger partial charge in [0.25, 0.3) is 0 Å². The molecule has 0 saturated heterocycles. The van der Waals surface area contributed by atoms with Gasteiger partial charge in [-0.1, -0.05) is 59.8 Å². The van der Waals surface area contributed by atoms with Gasteiger partial charge in [-0.25, -0.2) is 0 Å². The smallest absolute Gasteiger partial charge is 0.0705 e. The highest BCUT2D eigenvalue weighted by atomic mass is 127. The van der Waals surface area contributed by atoms with Crippen molar-refractivity contribution in [3.8, 4) is 11.3 Å². The molecule has 2 rings (SSSR count). The van der Waals surface area contributed by atoms with Gasteiger partial charge in [0.15, 0.2) is 0 Å². The van der Waals surface area contributed by atoms with E-state index in [-0.39, 0.29) is 0 Å². The highest BCUT2D eigenvalue weighted by Crippen LogP contribution is 2.20. The van der Waals surface area contributed by atoms with Crippen LogP contribution in [-0.2, 0) is 6.42 Å². The maximum atomic E-state index is 4.63. The molecule has 1 atom stereocenters. The first-order valence-electron chi connectivity index (χ1n) is 6.24. The summed E-state index contributed by atoms with van der Waals surface area (Å²) in [6, 6.07) is 13.0. The van der Waals surface area contributed by atoms with E-state index in [1.54, 1.807) is 0 Å². The molecule has 2 heteroatoms. The average molecular weight is 351 g/mol. The Morgan fingerprint density at radius 3 is 2.28 bits per heavy atom. The first kappa shape index (κ1) is 13.5. The van der Waals surface area contributed by atoms with Crippen molar-refractivity contribution in [1.82, 2.24) is 4.98 Å². The first-order valence-corrected chi connectivity index (χ1v) is 7.48. The third-order valence-electron chi connectivity index (χ3n) is 3.12. The Labute approximate surface area is 123 Å². The fourth-order valence-electron chi connectivity index (χ4n) is 1.93. The van der Waals surface area contributed by atoms with Crippen LogP contribution in [0.25, 0.3) is 11.3 Å². The number of benzene rings is 1. The SMILES string of the molecule is Cc1ccc(-c2ccc(CC(C)I)cc2)nc1C. The maximum Gasteiger partial charge on any atom is 0.0705 e. The van der Waals surface area contributed by atoms with Gasteiger partial charge in [0.2, 0.25) is 0 Å². The Hall–Kier alpha value is -0.900. The van der Waals surface area contributed by atoms with Crippen molar-refractivity contribution in [2.75, 3.05) is 0 Å². The molecule has 1 unspecified atom stereocenters. The number of pyridine rings is 1. The lowest BCUT2D eigenvalue weighted by atomic mass is 10.0. The lowest BCUT2D eigenvalue weighted by Gasteiger charge is -2.07. The van der Waals surface area contributed by atoms with Crippen molar-refractivity contribution in [2.24, 2.45) is 0 Å². The number of aromatic nitrogens is 1. The molecule has 94 valence electrons. The number of aryl methyl sites for hydroxylation is 2. The summed E-state index contributed by atoms with van der Waals surface area (Å²) in [5.41, 5.74) is 6.01. The molecule has 0 bridgehead atoms. The van der Waals surface area contributed by atoms with Crippen LogP contribution in [0.3, 0.4) is 0 Å². The number of rotatable bonds is 3. The number of halogens is 1. The number of hydrogen-bond donors (Lipinski definition) is 0. The van der Waals surface area contributed by atoms with Crippen LogP contribution in [0.5, 0.6) is 0 Å². The molecular formula is C16H18IN. The van der Waals surface area contributed by atoms with Crippen molar-refractivity contribution in [3.05, 3.63) is 53.2 Å². The summed E-state index contributed by atoms with van der Waals surface area (Å²) in [5.74, 6) is 0. The second kappa shape index (κ2) is 5.83. The fraction of sp³-hybridized carbons (Fsp3) is 0.312. The van der Waals surface area contributed by atoms with Crippen LogP contribution >= 0.6 is 22.6 Å². The molecule has 1 aromatic heterocycles. The molecule has 0 aliphatic rings. The van der Waals surface area contributed by atoms with Crippen LogP contribution < -0.4 is 0 Å². The zero-order chi connectivity index (χ0) is 13.1. The van der Waals surface area contributed by atoms with Crippen molar-refractivity contribution in [1.29, 1.82) is 0 Å². The van der Waals surface area contributed by atoms with Crippen LogP contribution in [-0.4, -0.2) is 8.91 Å². The Morgan fingerprint density at radius 2 is 1.72 bits per heavy atom. The van der Waals surface area contributed by atoms with Gasteiger partial charge in [0.05, 0.1) is 5.69 Å².